The molecule has 0 saturated carbocycles. The first-order valence-corrected chi connectivity index (χ1v) is 9.10. The number of nitrogens with one attached hydrogen (secondary N) is 2. The standard InChI is InChI=1S/C22H19N5O2/c1-14-19-17(22(29)25-24-21(28)16-11-7-4-8-12-16)13-18(15-9-5-3-6-10-15)23-20(19)27(2)26-14/h3-13H,1-2H3,(H,24,28)(H,25,29). The van der Waals surface area contributed by atoms with Gasteiger partial charge in [-0.15, -0.1) is 0 Å². The number of hydrogen-bond acceptors (Lipinski definition) is 4. The number of amides is 2. The van der Waals surface area contributed by atoms with Crippen LogP contribution in [0.25, 0.3) is 22.3 Å². The van der Waals surface area contributed by atoms with Crippen molar-refractivity contribution in [2.24, 2.45) is 7.05 Å². The van der Waals surface area contributed by atoms with Crippen LogP contribution < -0.4 is 10.9 Å². The summed E-state index contributed by atoms with van der Waals surface area (Å²) in [6, 6.07) is 20.0. The molecule has 0 spiro atoms. The Morgan fingerprint density at radius 2 is 1.52 bits per heavy atom. The highest BCUT2D eigenvalue weighted by atomic mass is 16.2. The summed E-state index contributed by atoms with van der Waals surface area (Å²) in [6.45, 7) is 1.82. The molecule has 0 aliphatic carbocycles. The topological polar surface area (TPSA) is 88.9 Å². The lowest BCUT2D eigenvalue weighted by Crippen LogP contribution is -2.41. The van der Waals surface area contributed by atoms with E-state index in [1.54, 1.807) is 42.1 Å². The molecule has 0 aliphatic rings. The van der Waals surface area contributed by atoms with Crippen molar-refractivity contribution < 1.29 is 9.59 Å². The lowest BCUT2D eigenvalue weighted by molar-refractivity contribution is 0.0847. The van der Waals surface area contributed by atoms with Crippen molar-refractivity contribution in [2.75, 3.05) is 0 Å². The van der Waals surface area contributed by atoms with Crippen LogP contribution in [0.4, 0.5) is 0 Å². The average molecular weight is 385 g/mol. The summed E-state index contributed by atoms with van der Waals surface area (Å²) < 4.78 is 1.65. The van der Waals surface area contributed by atoms with Crippen LogP contribution in [0, 0.1) is 6.92 Å². The van der Waals surface area contributed by atoms with E-state index >= 15 is 0 Å². The molecule has 0 radical (unpaired) electrons. The number of fused-ring (bicyclic) bond motifs is 1. The van der Waals surface area contributed by atoms with Crippen molar-refractivity contribution >= 4 is 22.8 Å². The maximum absolute atomic E-state index is 12.9. The molecule has 2 amide bonds. The molecule has 2 aromatic heterocycles. The molecule has 0 bridgehead atoms. The van der Waals surface area contributed by atoms with Crippen molar-refractivity contribution in [1.82, 2.24) is 25.6 Å². The van der Waals surface area contributed by atoms with E-state index < -0.39 is 11.8 Å². The van der Waals surface area contributed by atoms with Gasteiger partial charge in [0, 0.05) is 18.2 Å². The molecule has 7 nitrogen and oxygen atoms in total. The summed E-state index contributed by atoms with van der Waals surface area (Å²) in [6.07, 6.45) is 0. The first kappa shape index (κ1) is 18.4. The molecule has 2 aromatic carbocycles. The van der Waals surface area contributed by atoms with Crippen LogP contribution >= 0.6 is 0 Å². The average Bonchev–Trinajstić information content (AvgIpc) is 3.06. The van der Waals surface area contributed by atoms with E-state index in [1.807, 2.05) is 43.3 Å². The summed E-state index contributed by atoms with van der Waals surface area (Å²) in [7, 11) is 1.79. The number of rotatable bonds is 3. The van der Waals surface area contributed by atoms with Crippen LogP contribution in [0.1, 0.15) is 26.4 Å². The molecular weight excluding hydrogens is 366 g/mol. The number of pyridine rings is 1. The van der Waals surface area contributed by atoms with Gasteiger partial charge < -0.3 is 0 Å². The van der Waals surface area contributed by atoms with Gasteiger partial charge in [-0.1, -0.05) is 48.5 Å². The molecule has 4 rings (SSSR count). The molecule has 2 N–H and O–H groups in total. The fraction of sp³-hybridized carbons (Fsp3) is 0.0909. The minimum atomic E-state index is -0.435. The van der Waals surface area contributed by atoms with Crippen LogP contribution in [0.5, 0.6) is 0 Å². The van der Waals surface area contributed by atoms with Crippen molar-refractivity contribution in [2.45, 2.75) is 6.92 Å². The molecule has 0 atom stereocenters. The fourth-order valence-corrected chi connectivity index (χ4v) is 3.22. The van der Waals surface area contributed by atoms with E-state index in [1.165, 1.54) is 0 Å². The Labute approximate surface area is 167 Å². The zero-order valence-corrected chi connectivity index (χ0v) is 16.0. The normalized spacial score (nSPS) is 10.7. The first-order valence-electron chi connectivity index (χ1n) is 9.10. The van der Waals surface area contributed by atoms with Gasteiger partial charge >= 0.3 is 0 Å². The van der Waals surface area contributed by atoms with Gasteiger partial charge in [0.15, 0.2) is 5.65 Å². The van der Waals surface area contributed by atoms with Gasteiger partial charge in [0.1, 0.15) is 0 Å². The van der Waals surface area contributed by atoms with Crippen LogP contribution in [0.3, 0.4) is 0 Å². The molecule has 0 aliphatic heterocycles. The number of aryl methyl sites for hydroxylation is 2. The summed E-state index contributed by atoms with van der Waals surface area (Å²) in [5.41, 5.74) is 8.64. The van der Waals surface area contributed by atoms with Crippen molar-refractivity contribution in [1.29, 1.82) is 0 Å². The third-order valence-electron chi connectivity index (χ3n) is 4.61. The summed E-state index contributed by atoms with van der Waals surface area (Å²) >= 11 is 0. The Kier molecular flexibility index (Phi) is 4.78. The van der Waals surface area contributed by atoms with Gasteiger partial charge in [-0.05, 0) is 25.1 Å². The number of hydrogen-bond donors (Lipinski definition) is 2. The number of hydrazine groups is 1. The Morgan fingerprint density at radius 1 is 0.897 bits per heavy atom. The molecule has 7 heteroatoms. The zero-order valence-electron chi connectivity index (χ0n) is 16.0. The molecule has 2 heterocycles. The second-order valence-electron chi connectivity index (χ2n) is 6.60. The zero-order chi connectivity index (χ0) is 20.4. The Hall–Kier alpha value is -4.00. The highest BCUT2D eigenvalue weighted by molar-refractivity contribution is 6.08. The molecule has 4 aromatic rings. The third-order valence-corrected chi connectivity index (χ3v) is 4.61. The van der Waals surface area contributed by atoms with Crippen molar-refractivity contribution in [3.05, 3.63) is 83.6 Å². The van der Waals surface area contributed by atoms with Crippen LogP contribution in [-0.2, 0) is 7.05 Å². The van der Waals surface area contributed by atoms with Gasteiger partial charge in [0.25, 0.3) is 11.8 Å². The quantitative estimate of drug-likeness (QED) is 0.531. The lowest BCUT2D eigenvalue weighted by Gasteiger charge is -2.10. The number of carbonyl (C=O) groups is 2. The molecule has 0 saturated heterocycles. The van der Waals surface area contributed by atoms with E-state index in [4.69, 9.17) is 0 Å². The van der Waals surface area contributed by atoms with Crippen molar-refractivity contribution in [3.8, 4) is 11.3 Å². The van der Waals surface area contributed by atoms with E-state index in [0.717, 1.165) is 5.56 Å². The molecule has 0 unspecified atom stereocenters. The first-order chi connectivity index (χ1) is 14.0. The number of carbonyl (C=O) groups excluding carboxylic acids is 2. The minimum absolute atomic E-state index is 0.393. The van der Waals surface area contributed by atoms with Gasteiger partial charge in [-0.3, -0.25) is 25.1 Å². The second-order valence-corrected chi connectivity index (χ2v) is 6.60. The maximum Gasteiger partial charge on any atom is 0.270 e. The smallest absolute Gasteiger partial charge is 0.267 e. The summed E-state index contributed by atoms with van der Waals surface area (Å²) in [5, 5.41) is 5.05. The number of benzene rings is 2. The third kappa shape index (κ3) is 3.58. The van der Waals surface area contributed by atoms with E-state index in [-0.39, 0.29) is 0 Å². The van der Waals surface area contributed by atoms with E-state index in [2.05, 4.69) is 20.9 Å². The fourth-order valence-electron chi connectivity index (χ4n) is 3.22. The van der Waals surface area contributed by atoms with Crippen LogP contribution in [0.2, 0.25) is 0 Å². The SMILES string of the molecule is Cc1nn(C)c2nc(-c3ccccc3)cc(C(=O)NNC(=O)c3ccccc3)c12. The number of nitrogens with zero attached hydrogens (tertiary/aromatic N) is 3. The molecule has 29 heavy (non-hydrogen) atoms. The molecule has 144 valence electrons. The summed E-state index contributed by atoms with van der Waals surface area (Å²) in [4.78, 5) is 29.9. The van der Waals surface area contributed by atoms with Crippen LogP contribution in [0.15, 0.2) is 66.7 Å². The monoisotopic (exact) mass is 385 g/mol. The Morgan fingerprint density at radius 3 is 2.21 bits per heavy atom. The second kappa shape index (κ2) is 7.55. The Balaban J connectivity index is 1.70. The van der Waals surface area contributed by atoms with E-state index in [9.17, 15) is 9.59 Å². The van der Waals surface area contributed by atoms with Gasteiger partial charge in [0.2, 0.25) is 0 Å². The number of aromatic nitrogens is 3. The highest BCUT2D eigenvalue weighted by Gasteiger charge is 2.19. The largest absolute Gasteiger partial charge is 0.270 e. The summed E-state index contributed by atoms with van der Waals surface area (Å²) in [5.74, 6) is -0.828. The van der Waals surface area contributed by atoms with Crippen molar-refractivity contribution in [3.63, 3.8) is 0 Å². The highest BCUT2D eigenvalue weighted by Crippen LogP contribution is 2.26. The molecule has 0 fully saturated rings. The van der Waals surface area contributed by atoms with Gasteiger partial charge in [-0.25, -0.2) is 4.98 Å². The van der Waals surface area contributed by atoms with Crippen LogP contribution in [-0.4, -0.2) is 26.6 Å². The van der Waals surface area contributed by atoms with E-state index in [0.29, 0.717) is 33.5 Å². The predicted octanol–water partition coefficient (Wildman–Crippen LogP) is 3.02. The predicted molar refractivity (Wildman–Crippen MR) is 110 cm³/mol. The Bertz CT molecular complexity index is 1200. The lowest BCUT2D eigenvalue weighted by atomic mass is 10.1. The van der Waals surface area contributed by atoms with Gasteiger partial charge in [0.05, 0.1) is 22.3 Å². The minimum Gasteiger partial charge on any atom is -0.267 e. The maximum atomic E-state index is 12.9. The molecular formula is C22H19N5O2. The van der Waals surface area contributed by atoms with Gasteiger partial charge in [-0.2, -0.15) is 5.10 Å².